The maximum absolute atomic E-state index is 5.30. The third kappa shape index (κ3) is 6.63. The van der Waals surface area contributed by atoms with Gasteiger partial charge in [0.15, 0.2) is 23.3 Å². The Kier molecular flexibility index (Phi) is 9.14. The van der Waals surface area contributed by atoms with E-state index in [9.17, 15) is 0 Å². The van der Waals surface area contributed by atoms with Crippen molar-refractivity contribution in [1.82, 2.24) is 24.9 Å². The molecule has 0 saturated heterocycles. The first-order chi connectivity index (χ1) is 34.2. The molecule has 322 valence electrons. The molecule has 0 radical (unpaired) electrons. The molecular weight excluding hydrogens is 859 g/mol. The first-order valence-corrected chi connectivity index (χ1v) is 24.2. The molecule has 3 aliphatic carbocycles. The second kappa shape index (κ2) is 16.0. The zero-order chi connectivity index (χ0) is 45.4. The number of fused-ring (bicyclic) bond motifs is 3. The first-order valence-electron chi connectivity index (χ1n) is 23.4. The highest BCUT2D eigenvalue weighted by atomic mass is 32.1. The predicted molar refractivity (Wildman–Crippen MR) is 281 cm³/mol. The van der Waals surface area contributed by atoms with E-state index in [-0.39, 0.29) is 11.8 Å². The second-order valence-electron chi connectivity index (χ2n) is 17.9. The van der Waals surface area contributed by atoms with Crippen LogP contribution in [-0.4, -0.2) is 24.9 Å². The molecule has 9 aromatic carbocycles. The summed E-state index contributed by atoms with van der Waals surface area (Å²) in [5.41, 5.74) is 18.1. The van der Waals surface area contributed by atoms with Gasteiger partial charge in [-0.3, -0.25) is 0 Å². The molecule has 0 N–H and O–H groups in total. The Morgan fingerprint density at radius 3 is 1.32 bits per heavy atom. The van der Waals surface area contributed by atoms with Gasteiger partial charge in [0.05, 0.1) is 11.4 Å². The van der Waals surface area contributed by atoms with Crippen LogP contribution >= 0.6 is 11.3 Å². The minimum Gasteiger partial charge on any atom is -0.228 e. The Bertz CT molecular complexity index is 3900. The van der Waals surface area contributed by atoms with Crippen LogP contribution in [0.5, 0.6) is 0 Å². The molecule has 6 heteroatoms. The summed E-state index contributed by atoms with van der Waals surface area (Å²) < 4.78 is 2.61. The van der Waals surface area contributed by atoms with Crippen molar-refractivity contribution in [2.75, 3.05) is 0 Å². The fourth-order valence-corrected chi connectivity index (χ4v) is 11.9. The van der Waals surface area contributed by atoms with Crippen molar-refractivity contribution >= 4 is 31.5 Å². The van der Waals surface area contributed by atoms with E-state index in [0.29, 0.717) is 23.3 Å². The van der Waals surface area contributed by atoms with Crippen molar-refractivity contribution < 1.29 is 0 Å². The molecular formula is C63H39N5S. The maximum atomic E-state index is 5.30. The largest absolute Gasteiger partial charge is 0.228 e. The van der Waals surface area contributed by atoms with E-state index in [1.165, 1.54) is 64.7 Å². The molecule has 3 aliphatic rings. The quantitative estimate of drug-likeness (QED) is 0.159. The number of nitrogens with zero attached hydrogens (tertiary/aromatic N) is 5. The van der Waals surface area contributed by atoms with Crippen LogP contribution in [0.3, 0.4) is 0 Å². The van der Waals surface area contributed by atoms with E-state index in [1.807, 2.05) is 53.8 Å². The standard InChI is InChI=1S/C63H39N5S/c1-4-15-40(16-5-1)60-64-53(39-29-27-38(28-30-39)45-24-14-26-56-59(45)50-23-12-13-25-55(50)69-56)37-54(65-60)43-31-33-48-51(35-43)57-46-21-10-11-22-47(46)58(48)52-36-44(32-34-49(52)57)63-67-61(41-17-6-2-7-18-41)66-62(68-63)42-19-8-3-9-20-42/h1-37,57-58H. The fraction of sp³-hybridized carbons (Fsp3) is 0.0317. The summed E-state index contributed by atoms with van der Waals surface area (Å²) in [5, 5.41) is 2.61. The van der Waals surface area contributed by atoms with Gasteiger partial charge in [-0.1, -0.05) is 194 Å². The SMILES string of the molecule is c1ccc(-c2nc(-c3ccc(-c4cccc5sc6ccccc6c45)cc3)cc(-c3ccc4c(c3)C3c5ccccc5C4c4cc(-c5nc(-c6ccccc6)nc(-c6ccccc6)n5)ccc43)n2)cc1. The van der Waals surface area contributed by atoms with Crippen LogP contribution in [0.1, 0.15) is 45.2 Å². The molecule has 3 heterocycles. The molecule has 2 atom stereocenters. The Balaban J connectivity index is 0.866. The number of aromatic nitrogens is 5. The molecule has 0 saturated carbocycles. The average molecular weight is 898 g/mol. The lowest BCUT2D eigenvalue weighted by Gasteiger charge is -2.42. The monoisotopic (exact) mass is 897 g/mol. The molecule has 12 aromatic rings. The lowest BCUT2D eigenvalue weighted by molar-refractivity contribution is 0.754. The summed E-state index contributed by atoms with van der Waals surface area (Å²) >= 11 is 1.85. The molecule has 0 aliphatic heterocycles. The number of hydrogen-bond donors (Lipinski definition) is 0. The third-order valence-electron chi connectivity index (χ3n) is 13.9. The van der Waals surface area contributed by atoms with Gasteiger partial charge in [-0.15, -0.1) is 11.3 Å². The number of rotatable bonds is 7. The molecule has 5 nitrogen and oxygen atoms in total. The van der Waals surface area contributed by atoms with Gasteiger partial charge in [-0.05, 0) is 74.8 Å². The predicted octanol–water partition coefficient (Wildman–Crippen LogP) is 15.7. The minimum atomic E-state index is 0.0477. The average Bonchev–Trinajstić information content (AvgIpc) is 3.82. The van der Waals surface area contributed by atoms with Crippen LogP contribution < -0.4 is 0 Å². The molecule has 2 unspecified atom stereocenters. The van der Waals surface area contributed by atoms with Crippen molar-refractivity contribution in [2.24, 2.45) is 0 Å². The Hall–Kier alpha value is -8.71. The molecule has 2 bridgehead atoms. The number of benzene rings is 9. The Morgan fingerprint density at radius 1 is 0.275 bits per heavy atom. The summed E-state index contributed by atoms with van der Waals surface area (Å²) in [7, 11) is 0. The zero-order valence-electron chi connectivity index (χ0n) is 37.2. The van der Waals surface area contributed by atoms with Gasteiger partial charge in [-0.2, -0.15) is 0 Å². The number of thiophene rings is 1. The van der Waals surface area contributed by atoms with Crippen molar-refractivity contribution in [3.63, 3.8) is 0 Å². The molecule has 3 aromatic heterocycles. The van der Waals surface area contributed by atoms with Gasteiger partial charge in [0.1, 0.15) is 0 Å². The van der Waals surface area contributed by atoms with Gasteiger partial charge >= 0.3 is 0 Å². The van der Waals surface area contributed by atoms with E-state index in [4.69, 9.17) is 24.9 Å². The van der Waals surface area contributed by atoms with Crippen molar-refractivity contribution in [3.05, 3.63) is 258 Å². The van der Waals surface area contributed by atoms with Crippen LogP contribution in [-0.2, 0) is 0 Å². The normalized spacial score (nSPS) is 14.4. The molecule has 15 rings (SSSR count). The highest BCUT2D eigenvalue weighted by molar-refractivity contribution is 7.25. The molecule has 0 amide bonds. The Morgan fingerprint density at radius 2 is 0.710 bits per heavy atom. The molecule has 0 fully saturated rings. The van der Waals surface area contributed by atoms with E-state index in [1.54, 1.807) is 0 Å². The smallest absolute Gasteiger partial charge is 0.164 e. The van der Waals surface area contributed by atoms with Crippen LogP contribution in [0, 0.1) is 0 Å². The lowest BCUT2D eigenvalue weighted by atomic mass is 9.60. The summed E-state index contributed by atoms with van der Waals surface area (Å²) in [4.78, 5) is 25.7. The van der Waals surface area contributed by atoms with Crippen LogP contribution in [0.2, 0.25) is 0 Å². The maximum Gasteiger partial charge on any atom is 0.164 e. The van der Waals surface area contributed by atoms with Gasteiger partial charge in [0.25, 0.3) is 0 Å². The topological polar surface area (TPSA) is 64.5 Å². The van der Waals surface area contributed by atoms with Crippen molar-refractivity contribution in [2.45, 2.75) is 11.8 Å². The minimum absolute atomic E-state index is 0.0477. The van der Waals surface area contributed by atoms with E-state index < -0.39 is 0 Å². The van der Waals surface area contributed by atoms with Crippen LogP contribution in [0.4, 0.5) is 0 Å². The van der Waals surface area contributed by atoms with Gasteiger partial charge in [0.2, 0.25) is 0 Å². The summed E-state index contributed by atoms with van der Waals surface area (Å²) in [6.45, 7) is 0. The lowest BCUT2D eigenvalue weighted by Crippen LogP contribution is -2.27. The summed E-state index contributed by atoms with van der Waals surface area (Å²) in [6.07, 6.45) is 0. The third-order valence-corrected chi connectivity index (χ3v) is 15.1. The fourth-order valence-electron chi connectivity index (χ4n) is 10.7. The highest BCUT2D eigenvalue weighted by Gasteiger charge is 2.41. The van der Waals surface area contributed by atoms with E-state index in [2.05, 4.69) is 182 Å². The van der Waals surface area contributed by atoms with Crippen LogP contribution in [0.25, 0.3) is 99.4 Å². The van der Waals surface area contributed by atoms with Crippen LogP contribution in [0.15, 0.2) is 224 Å². The second-order valence-corrected chi connectivity index (χ2v) is 19.0. The van der Waals surface area contributed by atoms with Gasteiger partial charge in [0, 0.05) is 65.4 Å². The Labute approximate surface area is 403 Å². The molecule has 0 spiro atoms. The van der Waals surface area contributed by atoms with Gasteiger partial charge in [-0.25, -0.2) is 24.9 Å². The van der Waals surface area contributed by atoms with Gasteiger partial charge < -0.3 is 0 Å². The van der Waals surface area contributed by atoms with E-state index in [0.717, 1.165) is 44.8 Å². The van der Waals surface area contributed by atoms with Crippen molar-refractivity contribution in [3.8, 4) is 79.2 Å². The summed E-state index contributed by atoms with van der Waals surface area (Å²) in [5.74, 6) is 2.77. The highest BCUT2D eigenvalue weighted by Crippen LogP contribution is 2.57. The first kappa shape index (κ1) is 39.5. The molecule has 69 heavy (non-hydrogen) atoms. The zero-order valence-corrected chi connectivity index (χ0v) is 38.0. The van der Waals surface area contributed by atoms with E-state index >= 15 is 0 Å². The summed E-state index contributed by atoms with van der Waals surface area (Å²) in [6, 6.07) is 79.8. The number of hydrogen-bond acceptors (Lipinski definition) is 6. The van der Waals surface area contributed by atoms with Crippen molar-refractivity contribution in [1.29, 1.82) is 0 Å².